The number of aliphatic hydroxyl groups is 3. The highest BCUT2D eigenvalue weighted by atomic mass is 19.1. The molecule has 1 aromatic carbocycles. The summed E-state index contributed by atoms with van der Waals surface area (Å²) in [6, 6.07) is -1.64. The Morgan fingerprint density at radius 1 is 1.18 bits per heavy atom. The SMILES string of the molecule is CN(C)[C@@H]1C(O)=C(C(N)=O)C(=O)[C@@]2(O)C(O)=C3C(=O)c4c(O)c5c(c(F)c4C[C@H]3C[C@@H]12)CN1CCC[C@@H]1C(=O)N5. The van der Waals surface area contributed by atoms with E-state index in [0.29, 0.717) is 13.0 Å². The minimum atomic E-state index is -2.79. The van der Waals surface area contributed by atoms with Gasteiger partial charge in [-0.05, 0) is 52.2 Å². The van der Waals surface area contributed by atoms with Gasteiger partial charge in [-0.25, -0.2) is 4.39 Å². The van der Waals surface area contributed by atoms with Crippen molar-refractivity contribution in [1.29, 1.82) is 0 Å². The molecule has 0 bridgehead atoms. The van der Waals surface area contributed by atoms with Crippen LogP contribution in [0.15, 0.2) is 22.7 Å². The van der Waals surface area contributed by atoms with Crippen molar-refractivity contribution in [2.24, 2.45) is 17.6 Å². The highest BCUT2D eigenvalue weighted by Crippen LogP contribution is 2.53. The first-order chi connectivity index (χ1) is 18.8. The number of allylic oxidation sites excluding steroid dienone is 1. The van der Waals surface area contributed by atoms with Crippen molar-refractivity contribution in [3.8, 4) is 5.75 Å². The molecule has 0 spiro atoms. The number of carbonyl (C=O) groups is 4. The normalized spacial score (nSPS) is 31.8. The van der Waals surface area contributed by atoms with Crippen LogP contribution in [0.25, 0.3) is 0 Å². The number of rotatable bonds is 2. The van der Waals surface area contributed by atoms with Gasteiger partial charge in [0.1, 0.15) is 22.9 Å². The summed E-state index contributed by atoms with van der Waals surface area (Å²) in [6.45, 7) is 0.619. The molecule has 1 aromatic rings. The first-order valence-corrected chi connectivity index (χ1v) is 13.1. The van der Waals surface area contributed by atoms with Gasteiger partial charge >= 0.3 is 0 Å². The highest BCUT2D eigenvalue weighted by molar-refractivity contribution is 6.25. The minimum absolute atomic E-state index is 0.0480. The van der Waals surface area contributed by atoms with E-state index in [1.807, 2.05) is 4.90 Å². The Balaban J connectivity index is 1.53. The summed E-state index contributed by atoms with van der Waals surface area (Å²) in [6.07, 6.45) is 1.01. The summed E-state index contributed by atoms with van der Waals surface area (Å²) in [7, 11) is 3.06. The van der Waals surface area contributed by atoms with Crippen LogP contribution in [-0.4, -0.2) is 91.9 Å². The summed E-state index contributed by atoms with van der Waals surface area (Å²) in [5.74, 6) is -9.35. The van der Waals surface area contributed by atoms with Gasteiger partial charge in [-0.1, -0.05) is 0 Å². The van der Waals surface area contributed by atoms with Crippen LogP contribution in [0.3, 0.4) is 0 Å². The van der Waals surface area contributed by atoms with E-state index in [1.165, 1.54) is 19.0 Å². The Hall–Kier alpha value is -3.81. The number of likely N-dealkylation sites (N-methyl/N-ethyl adjacent to an activating group) is 1. The number of fused-ring (bicyclic) bond motifs is 5. The molecule has 0 saturated carbocycles. The van der Waals surface area contributed by atoms with E-state index in [0.717, 1.165) is 6.42 Å². The van der Waals surface area contributed by atoms with Gasteiger partial charge in [-0.15, -0.1) is 0 Å². The van der Waals surface area contributed by atoms with E-state index in [-0.39, 0.29) is 36.2 Å². The second-order valence-corrected chi connectivity index (χ2v) is 11.5. The monoisotopic (exact) mass is 556 g/mol. The van der Waals surface area contributed by atoms with E-state index >= 15 is 4.39 Å². The number of anilines is 1. The van der Waals surface area contributed by atoms with Crippen molar-refractivity contribution < 1.29 is 44.0 Å². The smallest absolute Gasteiger partial charge is 0.255 e. The number of phenols is 1. The number of benzene rings is 1. The van der Waals surface area contributed by atoms with Gasteiger partial charge in [0.25, 0.3) is 5.91 Å². The molecule has 2 aliphatic heterocycles. The quantitative estimate of drug-likeness (QED) is 0.216. The maximum atomic E-state index is 16.2. The second-order valence-electron chi connectivity index (χ2n) is 11.5. The number of nitrogens with one attached hydrogen (secondary N) is 1. The number of nitrogens with zero attached hydrogens (tertiary/aromatic N) is 2. The third-order valence-corrected chi connectivity index (χ3v) is 9.20. The molecule has 2 heterocycles. The van der Waals surface area contributed by atoms with E-state index in [2.05, 4.69) is 5.32 Å². The maximum absolute atomic E-state index is 16.2. The third-order valence-electron chi connectivity index (χ3n) is 9.20. The number of aliphatic hydroxyl groups excluding tert-OH is 2. The Morgan fingerprint density at radius 3 is 2.52 bits per heavy atom. The second kappa shape index (κ2) is 8.59. The number of aromatic hydroxyl groups is 1. The summed E-state index contributed by atoms with van der Waals surface area (Å²) in [5, 5.41) is 47.6. The molecule has 7 N–H and O–H groups in total. The first kappa shape index (κ1) is 26.4. The minimum Gasteiger partial charge on any atom is -0.510 e. The van der Waals surface area contributed by atoms with Crippen LogP contribution in [0.1, 0.15) is 40.7 Å². The summed E-state index contributed by atoms with van der Waals surface area (Å²) in [5.41, 5.74) is 0.507. The van der Waals surface area contributed by atoms with Crippen molar-refractivity contribution >= 4 is 29.1 Å². The highest BCUT2D eigenvalue weighted by Gasteiger charge is 2.63. The van der Waals surface area contributed by atoms with Gasteiger partial charge < -0.3 is 31.5 Å². The molecule has 0 radical (unpaired) electrons. The predicted molar refractivity (Wildman–Crippen MR) is 136 cm³/mol. The van der Waals surface area contributed by atoms with Crippen LogP contribution < -0.4 is 11.1 Å². The summed E-state index contributed by atoms with van der Waals surface area (Å²) >= 11 is 0. The van der Waals surface area contributed by atoms with Gasteiger partial charge in [0.2, 0.25) is 11.7 Å². The molecule has 3 aliphatic carbocycles. The van der Waals surface area contributed by atoms with Crippen LogP contribution in [-0.2, 0) is 27.3 Å². The van der Waals surface area contributed by atoms with Crippen LogP contribution in [0.4, 0.5) is 10.1 Å². The average Bonchev–Trinajstić information content (AvgIpc) is 3.29. The maximum Gasteiger partial charge on any atom is 0.255 e. The zero-order valence-corrected chi connectivity index (χ0v) is 21.8. The van der Waals surface area contributed by atoms with E-state index in [4.69, 9.17) is 5.73 Å². The first-order valence-electron chi connectivity index (χ1n) is 13.1. The molecule has 2 amide bonds. The number of Topliss-reactive ketones (excluding diaryl/α,β-unsaturated/α-hetero) is 2. The largest absolute Gasteiger partial charge is 0.510 e. The van der Waals surface area contributed by atoms with E-state index in [9.17, 15) is 39.6 Å². The standard InChI is InChI=1S/C27H29FN4O8/c1-31(2)19-12-7-9-6-10-15(20(33)14(9)23(36)27(12,40)24(37)16(22(19)35)25(29)38)21(34)18-11(17(10)28)8-32-5-3-4-13(32)26(39)30-18/h9,12-13,19,34-36,40H,3-8H2,1-2H3,(H2,29,38)(H,30,39)/t9-,12-,13+,19-,27-/m0/s1. The molecular weight excluding hydrogens is 527 g/mol. The molecule has 1 fully saturated rings. The number of hydrogen-bond acceptors (Lipinski definition) is 10. The lowest BCUT2D eigenvalue weighted by Crippen LogP contribution is -2.63. The number of amides is 2. The fraction of sp³-hybridized carbons (Fsp3) is 0.481. The lowest BCUT2D eigenvalue weighted by atomic mass is 9.58. The number of halogens is 1. The van der Waals surface area contributed by atoms with Crippen LogP contribution >= 0.6 is 0 Å². The Kier molecular flexibility index (Phi) is 5.67. The topological polar surface area (TPSA) is 194 Å². The van der Waals surface area contributed by atoms with E-state index in [1.54, 1.807) is 0 Å². The van der Waals surface area contributed by atoms with Crippen LogP contribution in [0.2, 0.25) is 0 Å². The molecule has 5 aliphatic rings. The van der Waals surface area contributed by atoms with Gasteiger partial charge in [-0.3, -0.25) is 29.0 Å². The molecule has 1 saturated heterocycles. The van der Waals surface area contributed by atoms with Crippen molar-refractivity contribution in [1.82, 2.24) is 9.80 Å². The Labute approximate surface area is 227 Å². The number of nitrogens with two attached hydrogens (primary N) is 1. The lowest BCUT2D eigenvalue weighted by molar-refractivity contribution is -0.148. The summed E-state index contributed by atoms with van der Waals surface area (Å²) < 4.78 is 16.2. The van der Waals surface area contributed by atoms with Gasteiger partial charge in [0.05, 0.1) is 23.3 Å². The molecule has 6 rings (SSSR count). The van der Waals surface area contributed by atoms with Gasteiger partial charge in [0, 0.05) is 29.2 Å². The average molecular weight is 557 g/mol. The van der Waals surface area contributed by atoms with Crippen LogP contribution in [0.5, 0.6) is 5.75 Å². The van der Waals surface area contributed by atoms with E-state index < -0.39 is 92.7 Å². The number of primary amides is 1. The molecule has 0 aromatic heterocycles. The number of ketones is 2. The fourth-order valence-corrected chi connectivity index (χ4v) is 7.40. The van der Waals surface area contributed by atoms with Gasteiger partial charge in [0.15, 0.2) is 17.1 Å². The Bertz CT molecular complexity index is 1500. The summed E-state index contributed by atoms with van der Waals surface area (Å²) in [4.78, 5) is 55.4. The molecule has 13 heteroatoms. The third kappa shape index (κ3) is 3.22. The number of phenolic OH excluding ortho intramolecular Hbond substituents is 1. The molecule has 12 nitrogen and oxygen atoms in total. The number of carbonyl (C=O) groups excluding carboxylic acids is 4. The molecule has 0 unspecified atom stereocenters. The molecule has 5 atom stereocenters. The van der Waals surface area contributed by atoms with Gasteiger partial charge in [-0.2, -0.15) is 0 Å². The molecule has 40 heavy (non-hydrogen) atoms. The predicted octanol–water partition coefficient (Wildman–Crippen LogP) is 0.176. The zero-order valence-electron chi connectivity index (χ0n) is 21.8. The fourth-order valence-electron chi connectivity index (χ4n) is 7.40. The van der Waals surface area contributed by atoms with Crippen LogP contribution in [0, 0.1) is 17.7 Å². The zero-order chi connectivity index (χ0) is 29.0. The number of hydrogen-bond donors (Lipinski definition) is 6. The van der Waals surface area contributed by atoms with Crippen molar-refractivity contribution in [2.45, 2.75) is 49.9 Å². The van der Waals surface area contributed by atoms with Crippen molar-refractivity contribution in [3.05, 3.63) is 45.2 Å². The lowest BCUT2D eigenvalue weighted by Gasteiger charge is -2.50. The molecular formula is C27H29FN4O8. The van der Waals surface area contributed by atoms with Crippen molar-refractivity contribution in [3.63, 3.8) is 0 Å². The Morgan fingerprint density at radius 2 is 1.88 bits per heavy atom. The van der Waals surface area contributed by atoms with Crippen molar-refractivity contribution in [2.75, 3.05) is 26.0 Å². The molecule has 212 valence electrons.